The number of hydrogen-bond donors (Lipinski definition) is 1. The van der Waals surface area contributed by atoms with Crippen LogP contribution in [-0.2, 0) is 9.53 Å². The van der Waals surface area contributed by atoms with Crippen molar-refractivity contribution in [3.63, 3.8) is 0 Å². The highest BCUT2D eigenvalue weighted by atomic mass is 32.2. The molecule has 1 fully saturated rings. The van der Waals surface area contributed by atoms with Gasteiger partial charge in [-0.3, -0.25) is 4.79 Å². The molecule has 0 saturated carbocycles. The van der Waals surface area contributed by atoms with Gasteiger partial charge in [-0.1, -0.05) is 25.6 Å². The van der Waals surface area contributed by atoms with Crippen molar-refractivity contribution >= 4 is 17.7 Å². The van der Waals surface area contributed by atoms with Crippen molar-refractivity contribution in [2.24, 2.45) is 0 Å². The van der Waals surface area contributed by atoms with E-state index in [1.165, 1.54) is 11.8 Å². The average Bonchev–Trinajstić information content (AvgIpc) is 2.81. The first-order valence-electron chi connectivity index (χ1n) is 6.59. The average molecular weight is 284 g/mol. The molecule has 1 unspecified atom stereocenters. The van der Waals surface area contributed by atoms with E-state index in [1.807, 2.05) is 6.20 Å². The van der Waals surface area contributed by atoms with Crippen LogP contribution in [0.25, 0.3) is 0 Å². The molecule has 1 aromatic heterocycles. The van der Waals surface area contributed by atoms with Gasteiger partial charge >= 0.3 is 5.97 Å². The molecule has 1 aliphatic heterocycles. The van der Waals surface area contributed by atoms with Crippen LogP contribution < -0.4 is 0 Å². The number of carboxylic acid groups (broad SMARTS) is 1. The van der Waals surface area contributed by atoms with E-state index < -0.39 is 5.97 Å². The van der Waals surface area contributed by atoms with E-state index in [0.717, 1.165) is 30.3 Å². The summed E-state index contributed by atoms with van der Waals surface area (Å²) in [5, 5.41) is 9.60. The fourth-order valence-corrected chi connectivity index (χ4v) is 3.08. The van der Waals surface area contributed by atoms with E-state index >= 15 is 0 Å². The van der Waals surface area contributed by atoms with E-state index in [0.29, 0.717) is 12.5 Å². The van der Waals surface area contributed by atoms with Crippen molar-refractivity contribution in [1.82, 2.24) is 9.55 Å². The first kappa shape index (κ1) is 14.4. The minimum Gasteiger partial charge on any atom is -0.481 e. The molecule has 0 bridgehead atoms. The topological polar surface area (TPSA) is 64.3 Å². The van der Waals surface area contributed by atoms with Crippen LogP contribution in [0.2, 0.25) is 0 Å². The Morgan fingerprint density at radius 1 is 1.68 bits per heavy atom. The second kappa shape index (κ2) is 6.43. The molecule has 0 spiro atoms. The van der Waals surface area contributed by atoms with Crippen LogP contribution in [0, 0.1) is 0 Å². The second-order valence-electron chi connectivity index (χ2n) is 5.04. The fraction of sp³-hybridized carbons (Fsp3) is 0.692. The van der Waals surface area contributed by atoms with Crippen LogP contribution >= 0.6 is 11.8 Å². The van der Waals surface area contributed by atoms with Crippen molar-refractivity contribution in [2.45, 2.75) is 43.8 Å². The van der Waals surface area contributed by atoms with E-state index in [2.05, 4.69) is 23.4 Å². The van der Waals surface area contributed by atoms with Crippen molar-refractivity contribution in [1.29, 1.82) is 0 Å². The maximum atomic E-state index is 10.7. The summed E-state index contributed by atoms with van der Waals surface area (Å²) in [4.78, 5) is 15.1. The number of thioether (sulfide) groups is 1. The Balaban J connectivity index is 2.24. The van der Waals surface area contributed by atoms with Crippen LogP contribution in [-0.4, -0.2) is 39.6 Å². The second-order valence-corrected chi connectivity index (χ2v) is 5.99. The molecule has 106 valence electrons. The van der Waals surface area contributed by atoms with Gasteiger partial charge in [-0.15, -0.1) is 0 Å². The maximum absolute atomic E-state index is 10.7. The summed E-state index contributed by atoms with van der Waals surface area (Å²) >= 11 is 1.28. The van der Waals surface area contributed by atoms with Gasteiger partial charge in [-0.05, 0) is 18.8 Å². The Bertz CT molecular complexity index is 439. The zero-order valence-electron chi connectivity index (χ0n) is 11.3. The third-order valence-corrected chi connectivity index (χ3v) is 4.16. The first-order chi connectivity index (χ1) is 9.09. The van der Waals surface area contributed by atoms with Gasteiger partial charge in [0, 0.05) is 18.5 Å². The Morgan fingerprint density at radius 2 is 2.47 bits per heavy atom. The molecule has 1 aromatic rings. The van der Waals surface area contributed by atoms with Crippen LogP contribution in [0.3, 0.4) is 0 Å². The highest BCUT2D eigenvalue weighted by Gasteiger charge is 2.23. The van der Waals surface area contributed by atoms with Crippen molar-refractivity contribution in [3.05, 3.63) is 11.9 Å². The molecule has 2 rings (SSSR count). The molecule has 1 aliphatic rings. The number of carbonyl (C=O) groups is 1. The van der Waals surface area contributed by atoms with Gasteiger partial charge in [-0.2, -0.15) is 0 Å². The predicted molar refractivity (Wildman–Crippen MR) is 73.8 cm³/mol. The van der Waals surface area contributed by atoms with E-state index in [9.17, 15) is 4.79 Å². The Hall–Kier alpha value is -1.01. The molecule has 0 aromatic carbocycles. The summed E-state index contributed by atoms with van der Waals surface area (Å²) < 4.78 is 7.73. The number of rotatable bonds is 5. The molecule has 1 atom stereocenters. The van der Waals surface area contributed by atoms with E-state index in [1.54, 1.807) is 0 Å². The van der Waals surface area contributed by atoms with Gasteiger partial charge in [0.05, 0.1) is 18.4 Å². The van der Waals surface area contributed by atoms with Crippen LogP contribution in [0.15, 0.2) is 11.4 Å². The quantitative estimate of drug-likeness (QED) is 0.842. The number of carboxylic acids is 1. The van der Waals surface area contributed by atoms with Gasteiger partial charge in [0.2, 0.25) is 0 Å². The predicted octanol–water partition coefficient (Wildman–Crippen LogP) is 2.53. The van der Waals surface area contributed by atoms with E-state index in [-0.39, 0.29) is 11.8 Å². The Kier molecular flexibility index (Phi) is 4.87. The lowest BCUT2D eigenvalue weighted by Crippen LogP contribution is -2.23. The van der Waals surface area contributed by atoms with Gasteiger partial charge in [0.1, 0.15) is 0 Å². The molecule has 19 heavy (non-hydrogen) atoms. The van der Waals surface area contributed by atoms with Gasteiger partial charge in [0.25, 0.3) is 0 Å². The molecule has 1 saturated heterocycles. The molecule has 6 heteroatoms. The highest BCUT2D eigenvalue weighted by Crippen LogP contribution is 2.31. The lowest BCUT2D eigenvalue weighted by atomic mass is 10.1. The highest BCUT2D eigenvalue weighted by molar-refractivity contribution is 7.99. The Morgan fingerprint density at radius 3 is 3.05 bits per heavy atom. The summed E-state index contributed by atoms with van der Waals surface area (Å²) in [5.74, 6) is -0.401. The summed E-state index contributed by atoms with van der Waals surface area (Å²) in [6.07, 6.45) is 3.98. The SMILES string of the molecule is CC(C)c1cnc(SCC(=O)O)n1C1CCCOC1. The lowest BCUT2D eigenvalue weighted by Gasteiger charge is -2.27. The molecular formula is C13H20N2O3S. The molecule has 0 radical (unpaired) electrons. The summed E-state index contributed by atoms with van der Waals surface area (Å²) in [6, 6.07) is 0.282. The smallest absolute Gasteiger partial charge is 0.313 e. The minimum atomic E-state index is -0.814. The van der Waals surface area contributed by atoms with Crippen LogP contribution in [0.4, 0.5) is 0 Å². The standard InChI is InChI=1S/C13H20N2O3S/c1-9(2)11-6-14-13(19-8-12(16)17)15(11)10-4-3-5-18-7-10/h6,9-10H,3-5,7-8H2,1-2H3,(H,16,17). The maximum Gasteiger partial charge on any atom is 0.313 e. The van der Waals surface area contributed by atoms with E-state index in [4.69, 9.17) is 9.84 Å². The third-order valence-electron chi connectivity index (χ3n) is 3.21. The number of ether oxygens (including phenoxy) is 1. The van der Waals surface area contributed by atoms with Gasteiger partial charge in [0.15, 0.2) is 5.16 Å². The molecule has 0 aliphatic carbocycles. The zero-order valence-corrected chi connectivity index (χ0v) is 12.2. The molecule has 1 N–H and O–H groups in total. The number of hydrogen-bond acceptors (Lipinski definition) is 4. The number of imidazole rings is 1. The minimum absolute atomic E-state index is 0.0438. The normalized spacial score (nSPS) is 19.8. The lowest BCUT2D eigenvalue weighted by molar-refractivity contribution is -0.133. The van der Waals surface area contributed by atoms with Crippen molar-refractivity contribution in [3.8, 4) is 0 Å². The van der Waals surface area contributed by atoms with Crippen LogP contribution in [0.5, 0.6) is 0 Å². The summed E-state index contributed by atoms with van der Waals surface area (Å²) in [6.45, 7) is 5.77. The first-order valence-corrected chi connectivity index (χ1v) is 7.57. The summed E-state index contributed by atoms with van der Waals surface area (Å²) in [7, 11) is 0. The monoisotopic (exact) mass is 284 g/mol. The van der Waals surface area contributed by atoms with Crippen LogP contribution in [0.1, 0.15) is 44.3 Å². The molecule has 5 nitrogen and oxygen atoms in total. The zero-order chi connectivity index (χ0) is 13.8. The number of aromatic nitrogens is 2. The fourth-order valence-electron chi connectivity index (χ4n) is 2.31. The van der Waals surface area contributed by atoms with Crippen molar-refractivity contribution in [2.75, 3.05) is 19.0 Å². The van der Waals surface area contributed by atoms with Gasteiger partial charge < -0.3 is 14.4 Å². The largest absolute Gasteiger partial charge is 0.481 e. The number of nitrogens with zero attached hydrogens (tertiary/aromatic N) is 2. The van der Waals surface area contributed by atoms with Gasteiger partial charge in [-0.25, -0.2) is 4.98 Å². The third kappa shape index (κ3) is 3.51. The molecule has 0 amide bonds. The Labute approximate surface area is 117 Å². The molecule has 2 heterocycles. The number of aliphatic carboxylic acids is 1. The molecular weight excluding hydrogens is 264 g/mol. The summed E-state index contributed by atoms with van der Waals surface area (Å²) in [5.41, 5.74) is 1.16. The van der Waals surface area contributed by atoms with Crippen molar-refractivity contribution < 1.29 is 14.6 Å².